The van der Waals surface area contributed by atoms with E-state index in [0.29, 0.717) is 12.6 Å². The molecule has 1 saturated heterocycles. The number of piperidine rings is 1. The van der Waals surface area contributed by atoms with Gasteiger partial charge in [0.25, 0.3) is 0 Å². The Morgan fingerprint density at radius 3 is 2.55 bits per heavy atom. The Labute approximate surface area is 130 Å². The van der Waals surface area contributed by atoms with Gasteiger partial charge in [0.15, 0.2) is 0 Å². The third kappa shape index (κ3) is 3.47. The summed E-state index contributed by atoms with van der Waals surface area (Å²) in [5.41, 5.74) is 6.53. The van der Waals surface area contributed by atoms with Gasteiger partial charge in [0, 0.05) is 12.6 Å². The minimum atomic E-state index is -0.447. The van der Waals surface area contributed by atoms with Crippen LogP contribution in [-0.2, 0) is 9.59 Å². The molecule has 3 rings (SSSR count). The Hall–Kier alpha value is -1.88. The van der Waals surface area contributed by atoms with E-state index in [1.165, 1.54) is 0 Å². The lowest BCUT2D eigenvalue weighted by molar-refractivity contribution is -0.130. The molecule has 2 amide bonds. The van der Waals surface area contributed by atoms with Crippen LogP contribution < -0.4 is 11.1 Å². The van der Waals surface area contributed by atoms with Crippen LogP contribution in [0.3, 0.4) is 0 Å². The molecule has 1 saturated carbocycles. The number of primary amides is 1. The minimum Gasteiger partial charge on any atom is -0.368 e. The van der Waals surface area contributed by atoms with Gasteiger partial charge in [0.05, 0.1) is 5.92 Å². The largest absolute Gasteiger partial charge is 0.368 e. The Bertz CT molecular complexity index is 542. The molecule has 0 bridgehead atoms. The lowest BCUT2D eigenvalue weighted by Crippen LogP contribution is -2.47. The maximum atomic E-state index is 12.3. The molecule has 5 nitrogen and oxygen atoms in total. The molecule has 0 unspecified atom stereocenters. The minimum absolute atomic E-state index is 0.0417. The molecule has 2 fully saturated rings. The number of nitrogens with zero attached hydrogens (tertiary/aromatic N) is 1. The van der Waals surface area contributed by atoms with Crippen molar-refractivity contribution < 1.29 is 9.59 Å². The summed E-state index contributed by atoms with van der Waals surface area (Å²) in [6, 6.07) is 9.51. The molecule has 22 heavy (non-hydrogen) atoms. The standard InChI is InChI=1S/C17H23N3O2/c18-16(21)15(12-5-2-1-3-6-12)20-10-4-7-13(11-20)17(22)19-14-8-9-14/h1-3,5-6,13-15H,4,7-11H2,(H2,18,21)(H,19,22)/t13-,15-/m1/s1. The van der Waals surface area contributed by atoms with Crippen LogP contribution in [0.1, 0.15) is 37.3 Å². The summed E-state index contributed by atoms with van der Waals surface area (Å²) in [5.74, 6) is -0.266. The number of likely N-dealkylation sites (tertiary alicyclic amines) is 1. The average Bonchev–Trinajstić information content (AvgIpc) is 3.32. The maximum Gasteiger partial charge on any atom is 0.239 e. The third-order valence-corrected chi connectivity index (χ3v) is 4.50. The number of amides is 2. The number of carbonyl (C=O) groups excluding carboxylic acids is 2. The Balaban J connectivity index is 1.71. The topological polar surface area (TPSA) is 75.4 Å². The van der Waals surface area contributed by atoms with Gasteiger partial charge in [0.2, 0.25) is 11.8 Å². The Kier molecular flexibility index (Phi) is 4.43. The molecule has 5 heteroatoms. The van der Waals surface area contributed by atoms with Crippen LogP contribution in [0, 0.1) is 5.92 Å². The highest BCUT2D eigenvalue weighted by atomic mass is 16.2. The number of rotatable bonds is 5. The smallest absolute Gasteiger partial charge is 0.239 e. The van der Waals surface area contributed by atoms with Crippen molar-refractivity contribution in [3.05, 3.63) is 35.9 Å². The number of benzene rings is 1. The van der Waals surface area contributed by atoms with Gasteiger partial charge in [-0.25, -0.2) is 0 Å². The van der Waals surface area contributed by atoms with Crippen LogP contribution in [0.4, 0.5) is 0 Å². The molecular weight excluding hydrogens is 278 g/mol. The quantitative estimate of drug-likeness (QED) is 0.858. The lowest BCUT2D eigenvalue weighted by Gasteiger charge is -2.36. The van der Waals surface area contributed by atoms with Crippen molar-refractivity contribution in [2.45, 2.75) is 37.8 Å². The van der Waals surface area contributed by atoms with Crippen LogP contribution in [0.5, 0.6) is 0 Å². The summed E-state index contributed by atoms with van der Waals surface area (Å²) in [4.78, 5) is 26.3. The zero-order chi connectivity index (χ0) is 15.5. The Morgan fingerprint density at radius 2 is 1.91 bits per heavy atom. The highest BCUT2D eigenvalue weighted by molar-refractivity contribution is 5.82. The molecule has 0 spiro atoms. The van der Waals surface area contributed by atoms with Crippen LogP contribution >= 0.6 is 0 Å². The summed E-state index contributed by atoms with van der Waals surface area (Å²) < 4.78 is 0. The van der Waals surface area contributed by atoms with Crippen molar-refractivity contribution in [3.63, 3.8) is 0 Å². The zero-order valence-electron chi connectivity index (χ0n) is 12.7. The number of hydrogen-bond donors (Lipinski definition) is 2. The van der Waals surface area contributed by atoms with Crippen LogP contribution in [0.25, 0.3) is 0 Å². The monoisotopic (exact) mass is 301 g/mol. The molecule has 1 heterocycles. The number of nitrogens with two attached hydrogens (primary N) is 1. The molecule has 1 aromatic rings. The van der Waals surface area contributed by atoms with E-state index in [0.717, 1.165) is 37.8 Å². The average molecular weight is 301 g/mol. The molecule has 1 aliphatic carbocycles. The van der Waals surface area contributed by atoms with E-state index in [2.05, 4.69) is 10.2 Å². The first kappa shape index (κ1) is 15.0. The highest BCUT2D eigenvalue weighted by Crippen LogP contribution is 2.28. The summed E-state index contributed by atoms with van der Waals surface area (Å²) >= 11 is 0. The van der Waals surface area contributed by atoms with E-state index in [1.807, 2.05) is 30.3 Å². The van der Waals surface area contributed by atoms with Crippen molar-refractivity contribution >= 4 is 11.8 Å². The first-order valence-corrected chi connectivity index (χ1v) is 8.04. The lowest BCUT2D eigenvalue weighted by atomic mass is 9.93. The number of carbonyl (C=O) groups is 2. The van der Waals surface area contributed by atoms with Crippen molar-refractivity contribution in [2.75, 3.05) is 13.1 Å². The first-order valence-electron chi connectivity index (χ1n) is 8.04. The van der Waals surface area contributed by atoms with Crippen LogP contribution in [-0.4, -0.2) is 35.8 Å². The summed E-state index contributed by atoms with van der Waals surface area (Å²) in [5, 5.41) is 3.07. The number of hydrogen-bond acceptors (Lipinski definition) is 3. The van der Waals surface area contributed by atoms with Crippen LogP contribution in [0.15, 0.2) is 30.3 Å². The second kappa shape index (κ2) is 6.48. The molecule has 0 radical (unpaired) electrons. The van der Waals surface area contributed by atoms with Gasteiger partial charge in [0.1, 0.15) is 6.04 Å². The van der Waals surface area contributed by atoms with E-state index in [-0.39, 0.29) is 17.7 Å². The van der Waals surface area contributed by atoms with E-state index < -0.39 is 6.04 Å². The van der Waals surface area contributed by atoms with E-state index >= 15 is 0 Å². The third-order valence-electron chi connectivity index (χ3n) is 4.50. The highest BCUT2D eigenvalue weighted by Gasteiger charge is 2.34. The predicted octanol–water partition coefficient (Wildman–Crippen LogP) is 1.20. The maximum absolute atomic E-state index is 12.3. The van der Waals surface area contributed by atoms with Gasteiger partial charge in [-0.3, -0.25) is 14.5 Å². The van der Waals surface area contributed by atoms with Gasteiger partial charge in [-0.2, -0.15) is 0 Å². The second-order valence-corrected chi connectivity index (χ2v) is 6.33. The molecule has 3 N–H and O–H groups in total. The normalized spacial score (nSPS) is 23.7. The van der Waals surface area contributed by atoms with E-state index in [4.69, 9.17) is 5.73 Å². The summed E-state index contributed by atoms with van der Waals surface area (Å²) in [7, 11) is 0. The van der Waals surface area contributed by atoms with Gasteiger partial charge in [-0.05, 0) is 37.8 Å². The number of nitrogens with one attached hydrogen (secondary N) is 1. The molecule has 2 aliphatic rings. The van der Waals surface area contributed by atoms with Gasteiger partial charge in [-0.1, -0.05) is 30.3 Å². The van der Waals surface area contributed by atoms with Crippen molar-refractivity contribution in [1.29, 1.82) is 0 Å². The SMILES string of the molecule is NC(=O)[C@@H](c1ccccc1)N1CCC[C@@H](C(=O)NC2CC2)C1. The van der Waals surface area contributed by atoms with Crippen molar-refractivity contribution in [3.8, 4) is 0 Å². The zero-order valence-corrected chi connectivity index (χ0v) is 12.7. The fourth-order valence-corrected chi connectivity index (χ4v) is 3.19. The summed E-state index contributed by atoms with van der Waals surface area (Å²) in [6.07, 6.45) is 3.99. The van der Waals surface area contributed by atoms with Gasteiger partial charge in [-0.15, -0.1) is 0 Å². The van der Waals surface area contributed by atoms with E-state index in [9.17, 15) is 9.59 Å². The van der Waals surface area contributed by atoms with Gasteiger partial charge < -0.3 is 11.1 Å². The molecule has 0 aromatic heterocycles. The predicted molar refractivity (Wildman–Crippen MR) is 83.8 cm³/mol. The molecule has 1 aliphatic heterocycles. The molecule has 1 aromatic carbocycles. The second-order valence-electron chi connectivity index (χ2n) is 6.33. The fourth-order valence-electron chi connectivity index (χ4n) is 3.19. The van der Waals surface area contributed by atoms with Crippen LogP contribution in [0.2, 0.25) is 0 Å². The molecule has 2 atom stereocenters. The van der Waals surface area contributed by atoms with E-state index in [1.54, 1.807) is 0 Å². The van der Waals surface area contributed by atoms with Gasteiger partial charge >= 0.3 is 0 Å². The summed E-state index contributed by atoms with van der Waals surface area (Å²) in [6.45, 7) is 1.40. The first-order chi connectivity index (χ1) is 10.6. The van der Waals surface area contributed by atoms with Crippen molar-refractivity contribution in [2.24, 2.45) is 11.7 Å². The molecule has 118 valence electrons. The Morgan fingerprint density at radius 1 is 1.18 bits per heavy atom. The van der Waals surface area contributed by atoms with Crippen molar-refractivity contribution in [1.82, 2.24) is 10.2 Å². The molecular formula is C17H23N3O2. The fraction of sp³-hybridized carbons (Fsp3) is 0.529.